The van der Waals surface area contributed by atoms with Crippen LogP contribution in [0.1, 0.15) is 18.1 Å². The molecule has 0 spiro atoms. The molecule has 0 saturated heterocycles. The zero-order valence-electron chi connectivity index (χ0n) is 14.0. The Morgan fingerprint density at radius 1 is 1.26 bits per heavy atom. The molecular formula is C18H22N2O3. The van der Waals surface area contributed by atoms with E-state index in [2.05, 4.69) is 6.58 Å². The van der Waals surface area contributed by atoms with Crippen molar-refractivity contribution in [2.75, 3.05) is 20.0 Å². The van der Waals surface area contributed by atoms with E-state index in [0.717, 1.165) is 34.6 Å². The fourth-order valence-corrected chi connectivity index (χ4v) is 2.71. The van der Waals surface area contributed by atoms with Crippen molar-refractivity contribution in [1.29, 1.82) is 0 Å². The lowest BCUT2D eigenvalue weighted by molar-refractivity contribution is 0.386. The van der Waals surface area contributed by atoms with Gasteiger partial charge in [0.15, 0.2) is 0 Å². The monoisotopic (exact) mass is 314 g/mol. The van der Waals surface area contributed by atoms with E-state index in [1.165, 1.54) is 4.57 Å². The first-order valence-electron chi connectivity index (χ1n) is 7.35. The van der Waals surface area contributed by atoms with Gasteiger partial charge in [0, 0.05) is 29.9 Å². The molecule has 5 nitrogen and oxygen atoms in total. The number of nitrogens with zero attached hydrogens (tertiary/aromatic N) is 1. The van der Waals surface area contributed by atoms with Crippen molar-refractivity contribution in [2.45, 2.75) is 13.3 Å². The lowest BCUT2D eigenvalue weighted by Gasteiger charge is -2.17. The summed E-state index contributed by atoms with van der Waals surface area (Å²) >= 11 is 0. The molecule has 0 amide bonds. The summed E-state index contributed by atoms with van der Waals surface area (Å²) in [5.41, 5.74) is 9.17. The number of nitrogen functional groups attached to an aromatic ring is 1. The van der Waals surface area contributed by atoms with Crippen LogP contribution in [0.25, 0.3) is 17.2 Å². The third kappa shape index (κ3) is 2.82. The van der Waals surface area contributed by atoms with Gasteiger partial charge in [-0.15, -0.1) is 0 Å². The van der Waals surface area contributed by atoms with E-state index in [1.807, 2.05) is 19.1 Å². The van der Waals surface area contributed by atoms with Gasteiger partial charge in [-0.25, -0.2) is 0 Å². The molecule has 1 aromatic heterocycles. The molecule has 122 valence electrons. The molecule has 0 atom stereocenters. The first kappa shape index (κ1) is 16.7. The van der Waals surface area contributed by atoms with Gasteiger partial charge in [-0.05, 0) is 24.1 Å². The Balaban J connectivity index is 2.82. The summed E-state index contributed by atoms with van der Waals surface area (Å²) in [5, 5.41) is 0. The first-order valence-corrected chi connectivity index (χ1v) is 7.35. The van der Waals surface area contributed by atoms with Crippen molar-refractivity contribution < 1.29 is 9.47 Å². The third-order valence-electron chi connectivity index (χ3n) is 3.93. The van der Waals surface area contributed by atoms with Crippen molar-refractivity contribution >= 4 is 11.8 Å². The molecular weight excluding hydrogens is 292 g/mol. The van der Waals surface area contributed by atoms with Gasteiger partial charge in [-0.1, -0.05) is 19.6 Å². The standard InChI is InChI=1S/C18H22N2O3/c1-6-12-14(10-20(3)18(21)17(12)19)11-8-15(22-4)13(7-2)16(9-11)23-5/h6,8-10H,1,7,19H2,2-5H3. The maximum absolute atomic E-state index is 12.0. The van der Waals surface area contributed by atoms with Crippen LogP contribution in [0, 0.1) is 0 Å². The predicted molar refractivity (Wildman–Crippen MR) is 94.1 cm³/mol. The normalized spacial score (nSPS) is 10.4. The van der Waals surface area contributed by atoms with Crippen LogP contribution in [-0.4, -0.2) is 18.8 Å². The highest BCUT2D eigenvalue weighted by Crippen LogP contribution is 2.37. The largest absolute Gasteiger partial charge is 0.496 e. The molecule has 0 aliphatic carbocycles. The van der Waals surface area contributed by atoms with Gasteiger partial charge in [-0.2, -0.15) is 0 Å². The van der Waals surface area contributed by atoms with Crippen LogP contribution < -0.4 is 20.8 Å². The average Bonchev–Trinajstić information content (AvgIpc) is 2.57. The Morgan fingerprint density at radius 3 is 2.26 bits per heavy atom. The second-order valence-corrected chi connectivity index (χ2v) is 5.20. The van der Waals surface area contributed by atoms with Crippen molar-refractivity contribution in [1.82, 2.24) is 4.57 Å². The van der Waals surface area contributed by atoms with E-state index in [9.17, 15) is 4.79 Å². The van der Waals surface area contributed by atoms with Crippen LogP contribution in [0.15, 0.2) is 29.7 Å². The van der Waals surface area contributed by atoms with E-state index in [4.69, 9.17) is 15.2 Å². The van der Waals surface area contributed by atoms with Crippen LogP contribution >= 0.6 is 0 Å². The van der Waals surface area contributed by atoms with Crippen molar-refractivity contribution in [3.8, 4) is 22.6 Å². The van der Waals surface area contributed by atoms with Gasteiger partial charge < -0.3 is 19.8 Å². The summed E-state index contributed by atoms with van der Waals surface area (Å²) in [4.78, 5) is 12.0. The molecule has 1 aromatic carbocycles. The topological polar surface area (TPSA) is 66.5 Å². The van der Waals surface area contributed by atoms with Gasteiger partial charge in [0.1, 0.15) is 17.2 Å². The summed E-state index contributed by atoms with van der Waals surface area (Å²) in [5.74, 6) is 1.48. The number of aryl methyl sites for hydroxylation is 1. The minimum absolute atomic E-state index is 0.178. The predicted octanol–water partition coefficient (Wildman–Crippen LogP) is 2.86. The van der Waals surface area contributed by atoms with Gasteiger partial charge in [0.05, 0.1) is 14.2 Å². The summed E-state index contributed by atoms with van der Waals surface area (Å²) in [7, 11) is 4.92. The average molecular weight is 314 g/mol. The maximum atomic E-state index is 12.0. The number of anilines is 1. The summed E-state index contributed by atoms with van der Waals surface area (Å²) in [6, 6.07) is 3.85. The van der Waals surface area contributed by atoms with E-state index < -0.39 is 0 Å². The van der Waals surface area contributed by atoms with Crippen LogP contribution in [0.3, 0.4) is 0 Å². The molecule has 5 heteroatoms. The lowest BCUT2D eigenvalue weighted by Crippen LogP contribution is -2.21. The van der Waals surface area contributed by atoms with Crippen molar-refractivity contribution in [2.24, 2.45) is 7.05 Å². The minimum atomic E-state index is -0.243. The van der Waals surface area contributed by atoms with Gasteiger partial charge in [-0.3, -0.25) is 4.79 Å². The number of pyridine rings is 1. The molecule has 2 N–H and O–H groups in total. The zero-order valence-corrected chi connectivity index (χ0v) is 14.0. The van der Waals surface area contributed by atoms with Crippen LogP contribution in [0.4, 0.5) is 5.69 Å². The molecule has 0 aliphatic rings. The van der Waals surface area contributed by atoms with Crippen LogP contribution in [0.2, 0.25) is 0 Å². The zero-order chi connectivity index (χ0) is 17.1. The number of aromatic nitrogens is 1. The number of hydrogen-bond acceptors (Lipinski definition) is 4. The molecule has 0 saturated carbocycles. The molecule has 0 unspecified atom stereocenters. The Hall–Kier alpha value is -2.69. The minimum Gasteiger partial charge on any atom is -0.496 e. The van der Waals surface area contributed by atoms with Crippen LogP contribution in [-0.2, 0) is 13.5 Å². The Kier molecular flexibility index (Phi) is 4.79. The van der Waals surface area contributed by atoms with E-state index >= 15 is 0 Å². The molecule has 0 bridgehead atoms. The third-order valence-corrected chi connectivity index (χ3v) is 3.93. The van der Waals surface area contributed by atoms with E-state index in [-0.39, 0.29) is 11.2 Å². The fourth-order valence-electron chi connectivity index (χ4n) is 2.71. The van der Waals surface area contributed by atoms with Crippen molar-refractivity contribution in [3.63, 3.8) is 0 Å². The molecule has 1 heterocycles. The molecule has 0 aliphatic heterocycles. The van der Waals surface area contributed by atoms with Gasteiger partial charge >= 0.3 is 0 Å². The molecule has 0 fully saturated rings. The van der Waals surface area contributed by atoms with Crippen molar-refractivity contribution in [3.05, 3.63) is 46.4 Å². The number of methoxy groups -OCH3 is 2. The highest BCUT2D eigenvalue weighted by molar-refractivity contribution is 5.82. The number of ether oxygens (including phenoxy) is 2. The molecule has 0 radical (unpaired) electrons. The Morgan fingerprint density at radius 2 is 1.83 bits per heavy atom. The smallest absolute Gasteiger partial charge is 0.274 e. The summed E-state index contributed by atoms with van der Waals surface area (Å²) in [6.07, 6.45) is 4.13. The molecule has 2 aromatic rings. The SMILES string of the molecule is C=Cc1c(-c2cc(OC)c(CC)c(OC)c2)cn(C)c(=O)c1N. The Bertz CT molecular complexity index is 782. The first-order chi connectivity index (χ1) is 11.0. The van der Waals surface area contributed by atoms with Crippen LogP contribution in [0.5, 0.6) is 11.5 Å². The number of rotatable bonds is 5. The summed E-state index contributed by atoms with van der Waals surface area (Å²) < 4.78 is 12.4. The van der Waals surface area contributed by atoms with Gasteiger partial charge in [0.25, 0.3) is 5.56 Å². The number of nitrogens with two attached hydrogens (primary N) is 1. The summed E-state index contributed by atoms with van der Waals surface area (Å²) in [6.45, 7) is 5.82. The van der Waals surface area contributed by atoms with Gasteiger partial charge in [0.2, 0.25) is 0 Å². The van der Waals surface area contributed by atoms with E-state index in [0.29, 0.717) is 5.56 Å². The fraction of sp³-hybridized carbons (Fsp3) is 0.278. The van der Waals surface area contributed by atoms with E-state index in [1.54, 1.807) is 33.5 Å². The number of hydrogen-bond donors (Lipinski definition) is 1. The second kappa shape index (κ2) is 6.60. The highest BCUT2D eigenvalue weighted by atomic mass is 16.5. The number of benzene rings is 1. The maximum Gasteiger partial charge on any atom is 0.274 e. The Labute approximate surface area is 136 Å². The quantitative estimate of drug-likeness (QED) is 0.921. The molecule has 23 heavy (non-hydrogen) atoms. The highest BCUT2D eigenvalue weighted by Gasteiger charge is 2.16. The molecule has 2 rings (SSSR count). The lowest BCUT2D eigenvalue weighted by atomic mass is 9.97. The second-order valence-electron chi connectivity index (χ2n) is 5.20.